The Morgan fingerprint density at radius 2 is 1.82 bits per heavy atom. The Kier molecular flexibility index (Phi) is 5.31. The number of hydrogen-bond acceptors (Lipinski definition) is 0. The van der Waals surface area contributed by atoms with Gasteiger partial charge in [-0.1, -0.05) is 31.5 Å². The third-order valence-electron chi connectivity index (χ3n) is 2.65. The highest BCUT2D eigenvalue weighted by molar-refractivity contribution is 6.20. The van der Waals surface area contributed by atoms with E-state index in [9.17, 15) is 13.2 Å². The van der Waals surface area contributed by atoms with E-state index >= 15 is 0 Å². The number of benzene rings is 1. The Hall–Kier alpha value is -0.700. The molecule has 0 heterocycles. The van der Waals surface area contributed by atoms with Crippen molar-refractivity contribution in [1.29, 1.82) is 0 Å². The third kappa shape index (κ3) is 4.58. The molecule has 0 spiro atoms. The molecular formula is C13H16ClF3. The average Bonchev–Trinajstić information content (AvgIpc) is 2.26. The van der Waals surface area contributed by atoms with Gasteiger partial charge in [0.2, 0.25) is 0 Å². The van der Waals surface area contributed by atoms with Crippen molar-refractivity contribution in [2.75, 3.05) is 0 Å². The van der Waals surface area contributed by atoms with Gasteiger partial charge in [-0.05, 0) is 30.9 Å². The Morgan fingerprint density at radius 3 is 2.41 bits per heavy atom. The second kappa shape index (κ2) is 6.29. The monoisotopic (exact) mass is 264 g/mol. The molecule has 0 N–H and O–H groups in total. The molecule has 0 saturated carbocycles. The Bertz CT molecular complexity index is 347. The summed E-state index contributed by atoms with van der Waals surface area (Å²) in [6, 6.07) is 5.70. The van der Waals surface area contributed by atoms with Crippen molar-refractivity contribution in [1.82, 2.24) is 0 Å². The van der Waals surface area contributed by atoms with Gasteiger partial charge < -0.3 is 0 Å². The van der Waals surface area contributed by atoms with Crippen LogP contribution in [0.25, 0.3) is 0 Å². The van der Waals surface area contributed by atoms with Crippen LogP contribution in [0, 0.1) is 0 Å². The SMILES string of the molecule is CCCC(Cl)CCc1ccccc1C(F)(F)F. The highest BCUT2D eigenvalue weighted by Crippen LogP contribution is 2.32. The van der Waals surface area contributed by atoms with Crippen molar-refractivity contribution in [3.63, 3.8) is 0 Å². The van der Waals surface area contributed by atoms with E-state index in [1.807, 2.05) is 6.92 Å². The molecule has 0 fully saturated rings. The standard InChI is InChI=1S/C13H16ClF3/c1-2-5-11(14)9-8-10-6-3-4-7-12(10)13(15,16)17/h3-4,6-7,11H,2,5,8-9H2,1H3. The van der Waals surface area contributed by atoms with Crippen LogP contribution in [0.15, 0.2) is 24.3 Å². The molecule has 17 heavy (non-hydrogen) atoms. The Balaban J connectivity index is 2.71. The highest BCUT2D eigenvalue weighted by atomic mass is 35.5. The van der Waals surface area contributed by atoms with E-state index in [4.69, 9.17) is 11.6 Å². The number of hydrogen-bond donors (Lipinski definition) is 0. The van der Waals surface area contributed by atoms with Crippen LogP contribution in [-0.2, 0) is 12.6 Å². The van der Waals surface area contributed by atoms with Crippen molar-refractivity contribution in [3.8, 4) is 0 Å². The van der Waals surface area contributed by atoms with E-state index in [-0.39, 0.29) is 5.38 Å². The summed E-state index contributed by atoms with van der Waals surface area (Å²) in [5.74, 6) is 0. The summed E-state index contributed by atoms with van der Waals surface area (Å²) in [7, 11) is 0. The lowest BCUT2D eigenvalue weighted by Crippen LogP contribution is -2.10. The van der Waals surface area contributed by atoms with Crippen LogP contribution in [0.4, 0.5) is 13.2 Å². The molecule has 0 nitrogen and oxygen atoms in total. The maximum atomic E-state index is 12.7. The van der Waals surface area contributed by atoms with Crippen molar-refractivity contribution in [2.45, 2.75) is 44.2 Å². The van der Waals surface area contributed by atoms with E-state index in [0.717, 1.165) is 18.9 Å². The summed E-state index contributed by atoms with van der Waals surface area (Å²) in [5, 5.41) is -0.0405. The normalized spacial score (nSPS) is 13.7. The number of rotatable bonds is 5. The van der Waals surface area contributed by atoms with Gasteiger partial charge in [0, 0.05) is 5.38 Å². The first-order chi connectivity index (χ1) is 7.95. The van der Waals surface area contributed by atoms with E-state index < -0.39 is 11.7 Å². The minimum atomic E-state index is -4.27. The Morgan fingerprint density at radius 1 is 1.18 bits per heavy atom. The molecule has 0 saturated heterocycles. The number of aryl methyl sites for hydroxylation is 1. The molecule has 0 aliphatic heterocycles. The zero-order valence-electron chi connectivity index (χ0n) is 9.73. The molecule has 0 radical (unpaired) electrons. The molecule has 1 atom stereocenters. The fourth-order valence-corrected chi connectivity index (χ4v) is 2.11. The maximum absolute atomic E-state index is 12.7. The molecular weight excluding hydrogens is 249 g/mol. The fraction of sp³-hybridized carbons (Fsp3) is 0.538. The molecule has 1 aromatic rings. The van der Waals surface area contributed by atoms with Gasteiger partial charge in [0.05, 0.1) is 5.56 Å². The molecule has 4 heteroatoms. The first-order valence-corrected chi connectivity index (χ1v) is 6.18. The molecule has 1 rings (SSSR count). The van der Waals surface area contributed by atoms with Crippen LogP contribution in [0.3, 0.4) is 0 Å². The van der Waals surface area contributed by atoms with Crippen LogP contribution in [0.2, 0.25) is 0 Å². The first-order valence-electron chi connectivity index (χ1n) is 5.74. The summed E-state index contributed by atoms with van der Waals surface area (Å²) < 4.78 is 38.1. The molecule has 0 aliphatic rings. The van der Waals surface area contributed by atoms with Crippen LogP contribution in [0.5, 0.6) is 0 Å². The predicted octanol–water partition coefficient (Wildman–Crippen LogP) is 5.05. The second-order valence-electron chi connectivity index (χ2n) is 4.08. The van der Waals surface area contributed by atoms with Crippen LogP contribution in [0.1, 0.15) is 37.3 Å². The third-order valence-corrected chi connectivity index (χ3v) is 3.09. The molecule has 1 aromatic carbocycles. The summed E-state index contributed by atoms with van der Waals surface area (Å²) in [6.45, 7) is 2.01. The molecule has 96 valence electrons. The summed E-state index contributed by atoms with van der Waals surface area (Å²) in [5.41, 5.74) is -0.206. The van der Waals surface area contributed by atoms with Gasteiger partial charge in [-0.2, -0.15) is 13.2 Å². The maximum Gasteiger partial charge on any atom is 0.416 e. The quantitative estimate of drug-likeness (QED) is 0.653. The molecule has 1 unspecified atom stereocenters. The topological polar surface area (TPSA) is 0 Å². The summed E-state index contributed by atoms with van der Waals surface area (Å²) in [4.78, 5) is 0. The zero-order chi connectivity index (χ0) is 12.9. The minimum absolute atomic E-state index is 0.0405. The molecule has 0 aliphatic carbocycles. The zero-order valence-corrected chi connectivity index (χ0v) is 10.5. The van der Waals surface area contributed by atoms with E-state index in [2.05, 4.69) is 0 Å². The predicted molar refractivity (Wildman–Crippen MR) is 64.3 cm³/mol. The summed E-state index contributed by atoms with van der Waals surface area (Å²) >= 11 is 6.02. The average molecular weight is 265 g/mol. The lowest BCUT2D eigenvalue weighted by molar-refractivity contribution is -0.138. The molecule has 0 aromatic heterocycles. The van der Waals surface area contributed by atoms with Gasteiger partial charge in [0.15, 0.2) is 0 Å². The lowest BCUT2D eigenvalue weighted by Gasteiger charge is -2.14. The van der Waals surface area contributed by atoms with E-state index in [1.54, 1.807) is 6.07 Å². The first kappa shape index (κ1) is 14.4. The van der Waals surface area contributed by atoms with Crippen LogP contribution < -0.4 is 0 Å². The van der Waals surface area contributed by atoms with Gasteiger partial charge in [-0.15, -0.1) is 11.6 Å². The van der Waals surface area contributed by atoms with Gasteiger partial charge >= 0.3 is 6.18 Å². The van der Waals surface area contributed by atoms with Crippen LogP contribution in [-0.4, -0.2) is 5.38 Å². The van der Waals surface area contributed by atoms with Crippen molar-refractivity contribution in [2.24, 2.45) is 0 Å². The highest BCUT2D eigenvalue weighted by Gasteiger charge is 2.32. The molecule has 0 amide bonds. The van der Waals surface area contributed by atoms with Crippen molar-refractivity contribution < 1.29 is 13.2 Å². The molecule has 0 bridgehead atoms. The van der Waals surface area contributed by atoms with Crippen molar-refractivity contribution >= 4 is 11.6 Å². The van der Waals surface area contributed by atoms with E-state index in [0.29, 0.717) is 18.4 Å². The van der Waals surface area contributed by atoms with Gasteiger partial charge in [-0.3, -0.25) is 0 Å². The van der Waals surface area contributed by atoms with Gasteiger partial charge in [0.1, 0.15) is 0 Å². The Labute approximate surface area is 105 Å². The number of halogens is 4. The smallest absolute Gasteiger partial charge is 0.166 e. The second-order valence-corrected chi connectivity index (χ2v) is 4.70. The fourth-order valence-electron chi connectivity index (χ4n) is 1.78. The number of alkyl halides is 4. The van der Waals surface area contributed by atoms with Gasteiger partial charge in [0.25, 0.3) is 0 Å². The summed E-state index contributed by atoms with van der Waals surface area (Å²) in [6.07, 6.45) is -1.51. The lowest BCUT2D eigenvalue weighted by atomic mass is 10.0. The minimum Gasteiger partial charge on any atom is -0.166 e. The van der Waals surface area contributed by atoms with Crippen molar-refractivity contribution in [3.05, 3.63) is 35.4 Å². The largest absolute Gasteiger partial charge is 0.416 e. The van der Waals surface area contributed by atoms with Gasteiger partial charge in [-0.25, -0.2) is 0 Å². The van der Waals surface area contributed by atoms with Crippen LogP contribution >= 0.6 is 11.6 Å². The van der Waals surface area contributed by atoms with E-state index in [1.165, 1.54) is 12.1 Å².